The van der Waals surface area contributed by atoms with Crippen molar-refractivity contribution in [3.8, 4) is 0 Å². The molecule has 1 rings (SSSR count). The van der Waals surface area contributed by atoms with Crippen LogP contribution in [0.15, 0.2) is 23.1 Å². The van der Waals surface area contributed by atoms with E-state index in [1.807, 2.05) is 0 Å². The molecule has 0 amide bonds. The molecule has 66 valence electrons. The van der Waals surface area contributed by atoms with Crippen LogP contribution >= 0.6 is 11.8 Å². The molecule has 0 bridgehead atoms. The van der Waals surface area contributed by atoms with Crippen molar-refractivity contribution in [1.82, 2.24) is 0 Å². The van der Waals surface area contributed by atoms with Crippen LogP contribution < -0.4 is 11.5 Å². The third kappa shape index (κ3) is 2.39. The Morgan fingerprint density at radius 2 is 2.17 bits per heavy atom. The molecule has 0 saturated heterocycles. The molecule has 0 aliphatic rings. The van der Waals surface area contributed by atoms with Crippen LogP contribution in [0, 0.1) is 5.82 Å². The third-order valence-corrected chi connectivity index (χ3v) is 2.46. The second-order valence-corrected chi connectivity index (χ2v) is 3.46. The molecule has 4 N–H and O–H groups in total. The highest BCUT2D eigenvalue weighted by atomic mass is 32.2. The lowest BCUT2D eigenvalue weighted by Gasteiger charge is -2.03. The quantitative estimate of drug-likeness (QED) is 0.555. The first-order valence-electron chi connectivity index (χ1n) is 3.62. The lowest BCUT2D eigenvalue weighted by molar-refractivity contribution is 0.624. The number of anilines is 1. The van der Waals surface area contributed by atoms with Gasteiger partial charge in [0.25, 0.3) is 0 Å². The van der Waals surface area contributed by atoms with E-state index in [1.165, 1.54) is 23.9 Å². The number of rotatable bonds is 3. The molecule has 12 heavy (non-hydrogen) atoms. The van der Waals surface area contributed by atoms with E-state index in [9.17, 15) is 4.39 Å². The highest BCUT2D eigenvalue weighted by Crippen LogP contribution is 2.24. The van der Waals surface area contributed by atoms with Crippen molar-refractivity contribution >= 4 is 17.4 Å². The normalized spacial score (nSPS) is 10.2. The van der Waals surface area contributed by atoms with Crippen LogP contribution in [0.2, 0.25) is 0 Å². The van der Waals surface area contributed by atoms with Gasteiger partial charge in [-0.1, -0.05) is 0 Å². The second-order valence-electron chi connectivity index (χ2n) is 2.32. The van der Waals surface area contributed by atoms with E-state index >= 15 is 0 Å². The Morgan fingerprint density at radius 3 is 2.83 bits per heavy atom. The van der Waals surface area contributed by atoms with Crippen LogP contribution in [-0.4, -0.2) is 12.3 Å². The van der Waals surface area contributed by atoms with Crippen LogP contribution in [0.5, 0.6) is 0 Å². The summed E-state index contributed by atoms with van der Waals surface area (Å²) >= 11 is 1.47. The van der Waals surface area contributed by atoms with Crippen LogP contribution in [-0.2, 0) is 0 Å². The van der Waals surface area contributed by atoms with Crippen molar-refractivity contribution in [1.29, 1.82) is 0 Å². The standard InChI is InChI=1S/C8H11FN2S/c9-6-1-2-7(11)8(5-6)12-4-3-10/h1-2,5H,3-4,10-11H2. The predicted octanol–water partition coefficient (Wildman–Crippen LogP) is 1.46. The summed E-state index contributed by atoms with van der Waals surface area (Å²) in [6.07, 6.45) is 0. The minimum atomic E-state index is -0.260. The van der Waals surface area contributed by atoms with E-state index in [2.05, 4.69) is 0 Å². The van der Waals surface area contributed by atoms with Crippen molar-refractivity contribution < 1.29 is 4.39 Å². The summed E-state index contributed by atoms with van der Waals surface area (Å²) in [5.41, 5.74) is 11.5. The Labute approximate surface area is 75.1 Å². The van der Waals surface area contributed by atoms with Gasteiger partial charge in [0.1, 0.15) is 5.82 Å². The first-order valence-corrected chi connectivity index (χ1v) is 4.60. The van der Waals surface area contributed by atoms with Crippen molar-refractivity contribution in [3.05, 3.63) is 24.0 Å². The van der Waals surface area contributed by atoms with Crippen molar-refractivity contribution in [3.63, 3.8) is 0 Å². The highest BCUT2D eigenvalue weighted by Gasteiger charge is 2.00. The van der Waals surface area contributed by atoms with Gasteiger partial charge in [0.05, 0.1) is 0 Å². The van der Waals surface area contributed by atoms with Crippen LogP contribution in [0.1, 0.15) is 0 Å². The molecule has 0 aliphatic heterocycles. The molecule has 0 heterocycles. The van der Waals surface area contributed by atoms with Gasteiger partial charge in [-0.25, -0.2) is 4.39 Å². The van der Waals surface area contributed by atoms with Gasteiger partial charge in [0.15, 0.2) is 0 Å². The SMILES string of the molecule is NCCSc1cc(F)ccc1N. The second kappa shape index (κ2) is 4.33. The highest BCUT2D eigenvalue weighted by molar-refractivity contribution is 7.99. The molecule has 0 aromatic heterocycles. The summed E-state index contributed by atoms with van der Waals surface area (Å²) in [5, 5.41) is 0. The first-order chi connectivity index (χ1) is 5.74. The fourth-order valence-corrected chi connectivity index (χ4v) is 1.57. The van der Waals surface area contributed by atoms with Gasteiger partial charge in [0.2, 0.25) is 0 Å². The van der Waals surface area contributed by atoms with Gasteiger partial charge in [-0.05, 0) is 18.2 Å². The summed E-state index contributed by atoms with van der Waals surface area (Å²) in [5.74, 6) is 0.497. The summed E-state index contributed by atoms with van der Waals surface area (Å²) < 4.78 is 12.7. The molecule has 4 heteroatoms. The van der Waals surface area contributed by atoms with Crippen LogP contribution in [0.4, 0.5) is 10.1 Å². The molecule has 0 unspecified atom stereocenters. The van der Waals surface area contributed by atoms with E-state index in [-0.39, 0.29) is 5.82 Å². The fraction of sp³-hybridized carbons (Fsp3) is 0.250. The molecule has 2 nitrogen and oxygen atoms in total. The summed E-state index contributed by atoms with van der Waals surface area (Å²) in [7, 11) is 0. The maximum atomic E-state index is 12.7. The van der Waals surface area contributed by atoms with Gasteiger partial charge in [-0.3, -0.25) is 0 Å². The maximum absolute atomic E-state index is 12.7. The summed E-state index contributed by atoms with van der Waals surface area (Å²) in [6.45, 7) is 0.570. The monoisotopic (exact) mass is 186 g/mol. The zero-order chi connectivity index (χ0) is 8.97. The Bertz CT molecular complexity index is 265. The number of benzene rings is 1. The number of halogens is 1. The van der Waals surface area contributed by atoms with E-state index in [4.69, 9.17) is 11.5 Å². The number of thioether (sulfide) groups is 1. The number of hydrogen-bond donors (Lipinski definition) is 2. The smallest absolute Gasteiger partial charge is 0.124 e. The lowest BCUT2D eigenvalue weighted by Crippen LogP contribution is -2.01. The average Bonchev–Trinajstić information content (AvgIpc) is 2.07. The number of hydrogen-bond acceptors (Lipinski definition) is 3. The zero-order valence-corrected chi connectivity index (χ0v) is 7.40. The predicted molar refractivity (Wildman–Crippen MR) is 50.6 cm³/mol. The molecule has 0 radical (unpaired) electrons. The van der Waals surface area contributed by atoms with Crippen molar-refractivity contribution in [2.45, 2.75) is 4.90 Å². The van der Waals surface area contributed by atoms with Crippen LogP contribution in [0.3, 0.4) is 0 Å². The third-order valence-electron chi connectivity index (χ3n) is 1.35. The summed E-state index contributed by atoms with van der Waals surface area (Å²) in [6, 6.07) is 4.34. The minimum absolute atomic E-state index is 0.260. The zero-order valence-electron chi connectivity index (χ0n) is 6.59. The topological polar surface area (TPSA) is 52.0 Å². The fourth-order valence-electron chi connectivity index (χ4n) is 0.802. The molecule has 0 aliphatic carbocycles. The molecular weight excluding hydrogens is 175 g/mol. The van der Waals surface area contributed by atoms with Gasteiger partial charge in [0, 0.05) is 22.9 Å². The van der Waals surface area contributed by atoms with Crippen molar-refractivity contribution in [2.75, 3.05) is 18.0 Å². The van der Waals surface area contributed by atoms with Gasteiger partial charge >= 0.3 is 0 Å². The Balaban J connectivity index is 2.75. The van der Waals surface area contributed by atoms with E-state index < -0.39 is 0 Å². The first kappa shape index (κ1) is 9.35. The maximum Gasteiger partial charge on any atom is 0.124 e. The van der Waals surface area contributed by atoms with Gasteiger partial charge < -0.3 is 11.5 Å². The molecule has 0 atom stereocenters. The van der Waals surface area contributed by atoms with Crippen LogP contribution in [0.25, 0.3) is 0 Å². The largest absolute Gasteiger partial charge is 0.398 e. The van der Waals surface area contributed by atoms with Gasteiger partial charge in [-0.2, -0.15) is 0 Å². The summed E-state index contributed by atoms with van der Waals surface area (Å²) in [4.78, 5) is 0.764. The number of nitrogens with two attached hydrogens (primary N) is 2. The molecule has 1 aromatic carbocycles. The Kier molecular flexibility index (Phi) is 3.37. The molecule has 0 spiro atoms. The molecule has 0 saturated carbocycles. The van der Waals surface area contributed by atoms with E-state index in [1.54, 1.807) is 6.07 Å². The average molecular weight is 186 g/mol. The Morgan fingerprint density at radius 1 is 1.42 bits per heavy atom. The van der Waals surface area contributed by atoms with E-state index in [0.29, 0.717) is 12.2 Å². The number of nitrogen functional groups attached to an aromatic ring is 1. The molecular formula is C8H11FN2S. The molecule has 1 aromatic rings. The minimum Gasteiger partial charge on any atom is -0.398 e. The van der Waals surface area contributed by atoms with Gasteiger partial charge in [-0.15, -0.1) is 11.8 Å². The molecule has 0 fully saturated rings. The lowest BCUT2D eigenvalue weighted by atomic mass is 10.3. The van der Waals surface area contributed by atoms with E-state index in [0.717, 1.165) is 10.6 Å². The Hall–Kier alpha value is -0.740. The van der Waals surface area contributed by atoms with Crippen molar-refractivity contribution in [2.24, 2.45) is 5.73 Å².